The van der Waals surface area contributed by atoms with Crippen LogP contribution in [-0.4, -0.2) is 43.0 Å². The van der Waals surface area contributed by atoms with Crippen LogP contribution in [0.15, 0.2) is 77.0 Å². The number of carbonyl (C=O) groups excluding carboxylic acids is 2. The van der Waals surface area contributed by atoms with Gasteiger partial charge in [-0.05, 0) is 62.8 Å². The van der Waals surface area contributed by atoms with Crippen molar-refractivity contribution < 1.29 is 32.9 Å². The first-order valence-corrected chi connectivity index (χ1v) is 14.8. The van der Waals surface area contributed by atoms with Crippen LogP contribution in [0, 0.1) is 5.82 Å². The Hall–Kier alpha value is -4.68. The number of hydrogen-bond acceptors (Lipinski definition) is 8. The molecule has 0 unspecified atom stereocenters. The third-order valence-corrected chi connectivity index (χ3v) is 6.92. The van der Waals surface area contributed by atoms with Gasteiger partial charge in [0.2, 0.25) is 0 Å². The lowest BCUT2D eigenvalue weighted by Gasteiger charge is -2.30. The second-order valence-electron chi connectivity index (χ2n) is 9.55. The number of hydrogen-bond donors (Lipinski definition) is 3. The number of halogens is 2. The normalized spacial score (nSPS) is 14.4. The lowest BCUT2D eigenvalue weighted by Crippen LogP contribution is -2.45. The maximum absolute atomic E-state index is 14.0. The third-order valence-electron chi connectivity index (χ3n) is 6.42. The Morgan fingerprint density at radius 3 is 2.56 bits per heavy atom. The number of rotatable bonds is 13. The van der Waals surface area contributed by atoms with E-state index in [1.807, 2.05) is 0 Å². The number of benzene rings is 3. The van der Waals surface area contributed by atoms with E-state index in [0.717, 1.165) is 0 Å². The zero-order valence-corrected chi connectivity index (χ0v) is 26.4. The van der Waals surface area contributed by atoms with Gasteiger partial charge in [0, 0.05) is 16.8 Å². The number of para-hydroxylation sites is 1. The quantitative estimate of drug-likeness (QED) is 0.0971. The highest BCUT2D eigenvalue weighted by molar-refractivity contribution is 7.80. The second kappa shape index (κ2) is 15.9. The van der Waals surface area contributed by atoms with Crippen molar-refractivity contribution in [2.75, 3.05) is 19.8 Å². The number of nitrogens with zero attached hydrogens (tertiary/aromatic N) is 1. The predicted octanol–water partition coefficient (Wildman–Crippen LogP) is 5.34. The zero-order valence-electron chi connectivity index (χ0n) is 24.8. The van der Waals surface area contributed by atoms with Crippen LogP contribution in [0.5, 0.6) is 17.2 Å². The Labute approximate surface area is 270 Å². The number of thiocarbonyl (C=S) groups is 1. The average Bonchev–Trinajstić information content (AvgIpc) is 3.00. The predicted molar refractivity (Wildman–Crippen MR) is 172 cm³/mol. The van der Waals surface area contributed by atoms with Crippen LogP contribution >= 0.6 is 23.8 Å². The third kappa shape index (κ3) is 8.70. The molecule has 10 nitrogen and oxygen atoms in total. The summed E-state index contributed by atoms with van der Waals surface area (Å²) in [6.07, 6.45) is 1.39. The van der Waals surface area contributed by atoms with E-state index in [1.54, 1.807) is 75.4 Å². The fraction of sp³-hybridized carbons (Fsp3) is 0.250. The van der Waals surface area contributed by atoms with Gasteiger partial charge < -0.3 is 29.6 Å². The molecule has 3 aromatic rings. The first kappa shape index (κ1) is 33.2. The zero-order chi connectivity index (χ0) is 32.3. The molecule has 45 heavy (non-hydrogen) atoms. The maximum Gasteiger partial charge on any atom is 0.338 e. The smallest absolute Gasteiger partial charge is 0.338 e. The molecule has 13 heteroatoms. The van der Waals surface area contributed by atoms with Gasteiger partial charge in [-0.25, -0.2) is 14.6 Å². The number of hydrazone groups is 1. The number of carbonyl (C=O) groups is 2. The molecule has 1 heterocycles. The Balaban J connectivity index is 1.41. The SMILES string of the molecule is CCOC(=O)C1=C(C)NC(=S)N[C@H]1c1ccccc1OCC(=O)NN=Cc1cc(Cl)c(OCc2ccccc2F)c(OCC)c1. The van der Waals surface area contributed by atoms with Crippen LogP contribution in [0.25, 0.3) is 0 Å². The van der Waals surface area contributed by atoms with Gasteiger partial charge in [-0.15, -0.1) is 0 Å². The van der Waals surface area contributed by atoms with Crippen LogP contribution in [-0.2, 0) is 20.9 Å². The van der Waals surface area contributed by atoms with Gasteiger partial charge >= 0.3 is 5.97 Å². The molecule has 4 rings (SSSR count). The van der Waals surface area contributed by atoms with Crippen LogP contribution in [0.2, 0.25) is 5.02 Å². The fourth-order valence-electron chi connectivity index (χ4n) is 4.44. The van der Waals surface area contributed by atoms with Gasteiger partial charge in [-0.3, -0.25) is 4.79 Å². The first-order valence-electron chi connectivity index (χ1n) is 14.0. The van der Waals surface area contributed by atoms with Crippen LogP contribution < -0.4 is 30.3 Å². The number of allylic oxidation sites excluding steroid dienone is 1. The van der Waals surface area contributed by atoms with Crippen molar-refractivity contribution in [1.82, 2.24) is 16.1 Å². The Morgan fingerprint density at radius 2 is 1.80 bits per heavy atom. The van der Waals surface area contributed by atoms with Crippen molar-refractivity contribution in [3.8, 4) is 17.2 Å². The summed E-state index contributed by atoms with van der Waals surface area (Å²) in [6, 6.07) is 15.8. The van der Waals surface area contributed by atoms with E-state index in [-0.39, 0.29) is 36.4 Å². The van der Waals surface area contributed by atoms with E-state index in [1.165, 1.54) is 12.3 Å². The largest absolute Gasteiger partial charge is 0.490 e. The summed E-state index contributed by atoms with van der Waals surface area (Å²) < 4.78 is 36.6. The molecule has 236 valence electrons. The van der Waals surface area contributed by atoms with Crippen LogP contribution in [0.1, 0.15) is 43.5 Å². The van der Waals surface area contributed by atoms with Crippen molar-refractivity contribution in [2.45, 2.75) is 33.4 Å². The highest BCUT2D eigenvalue weighted by Gasteiger charge is 2.32. The fourth-order valence-corrected chi connectivity index (χ4v) is 4.99. The molecule has 1 aliphatic rings. The molecule has 0 aromatic heterocycles. The summed E-state index contributed by atoms with van der Waals surface area (Å²) in [7, 11) is 0. The molecule has 0 saturated carbocycles. The first-order chi connectivity index (χ1) is 21.7. The molecule has 0 radical (unpaired) electrons. The van der Waals surface area contributed by atoms with E-state index in [0.29, 0.717) is 51.2 Å². The van der Waals surface area contributed by atoms with Gasteiger partial charge in [0.25, 0.3) is 5.91 Å². The molecular formula is C32H32ClFN4O6S. The number of esters is 1. The van der Waals surface area contributed by atoms with Gasteiger partial charge in [0.05, 0.1) is 36.1 Å². The minimum Gasteiger partial charge on any atom is -0.490 e. The Morgan fingerprint density at radius 1 is 1.04 bits per heavy atom. The number of ether oxygens (including phenoxy) is 4. The van der Waals surface area contributed by atoms with Crippen LogP contribution in [0.3, 0.4) is 0 Å². The molecule has 1 amide bonds. The van der Waals surface area contributed by atoms with E-state index >= 15 is 0 Å². The highest BCUT2D eigenvalue weighted by Crippen LogP contribution is 2.37. The molecule has 0 saturated heterocycles. The Kier molecular flexibility index (Phi) is 11.7. The topological polar surface area (TPSA) is 120 Å². The summed E-state index contributed by atoms with van der Waals surface area (Å²) in [5.74, 6) is -0.456. The molecule has 3 N–H and O–H groups in total. The molecular weight excluding hydrogens is 623 g/mol. The van der Waals surface area contributed by atoms with E-state index in [2.05, 4.69) is 21.2 Å². The van der Waals surface area contributed by atoms with E-state index in [9.17, 15) is 14.0 Å². The average molecular weight is 655 g/mol. The second-order valence-corrected chi connectivity index (χ2v) is 10.4. The highest BCUT2D eigenvalue weighted by atomic mass is 35.5. The van der Waals surface area contributed by atoms with Gasteiger partial charge in [0.1, 0.15) is 18.2 Å². The minimum atomic E-state index is -0.655. The minimum absolute atomic E-state index is 0.0422. The summed E-state index contributed by atoms with van der Waals surface area (Å²) in [5, 5.41) is 10.6. The summed E-state index contributed by atoms with van der Waals surface area (Å²) in [5.41, 5.74) is 4.81. The molecule has 1 aliphatic heterocycles. The Bertz CT molecular complexity index is 1630. The molecule has 0 spiro atoms. The molecule has 0 aliphatic carbocycles. The molecule has 0 fully saturated rings. The van der Waals surface area contributed by atoms with Gasteiger partial charge in [0.15, 0.2) is 23.2 Å². The van der Waals surface area contributed by atoms with Gasteiger partial charge in [-0.1, -0.05) is 48.0 Å². The van der Waals surface area contributed by atoms with Crippen molar-refractivity contribution in [1.29, 1.82) is 0 Å². The monoisotopic (exact) mass is 654 g/mol. The molecule has 3 aromatic carbocycles. The van der Waals surface area contributed by atoms with E-state index in [4.69, 9.17) is 42.8 Å². The maximum atomic E-state index is 14.0. The number of nitrogens with one attached hydrogen (secondary N) is 3. The van der Waals surface area contributed by atoms with Crippen molar-refractivity contribution in [3.05, 3.63) is 99.5 Å². The summed E-state index contributed by atoms with van der Waals surface area (Å²) in [4.78, 5) is 25.4. The molecule has 0 bridgehead atoms. The lowest BCUT2D eigenvalue weighted by atomic mass is 9.95. The van der Waals surface area contributed by atoms with Crippen molar-refractivity contribution in [2.24, 2.45) is 5.10 Å². The van der Waals surface area contributed by atoms with E-state index < -0.39 is 17.9 Å². The summed E-state index contributed by atoms with van der Waals surface area (Å²) in [6.45, 7) is 5.39. The van der Waals surface area contributed by atoms with Crippen molar-refractivity contribution in [3.63, 3.8) is 0 Å². The molecule has 1 atom stereocenters. The standard InChI is InChI=1S/C32H32ClFN4O6S/c1-4-41-26-15-20(14-23(33)30(26)44-17-21-10-6-8-12-24(21)34)16-35-38-27(39)18-43-25-13-9-7-11-22(25)29-28(31(40)42-5-2)19(3)36-32(45)37-29/h6-16,29H,4-5,17-18H2,1-3H3,(H,38,39)(H2,36,37,45)/t29-/m0/s1. The van der Waals surface area contributed by atoms with Crippen molar-refractivity contribution >= 4 is 47.0 Å². The van der Waals surface area contributed by atoms with Gasteiger partial charge in [-0.2, -0.15) is 5.10 Å². The lowest BCUT2D eigenvalue weighted by molar-refractivity contribution is -0.139. The van der Waals surface area contributed by atoms with Crippen LogP contribution in [0.4, 0.5) is 4.39 Å². The summed E-state index contributed by atoms with van der Waals surface area (Å²) >= 11 is 11.8. The number of amides is 1.